The summed E-state index contributed by atoms with van der Waals surface area (Å²) in [5.41, 5.74) is 2.32. The molecule has 2 aliphatic carbocycles. The van der Waals surface area contributed by atoms with Gasteiger partial charge in [0.05, 0.1) is 0 Å². The molecule has 8 heteroatoms. The van der Waals surface area contributed by atoms with E-state index in [4.69, 9.17) is 14.4 Å². The Hall–Kier alpha value is -2.32. The van der Waals surface area contributed by atoms with Crippen LogP contribution in [0.2, 0.25) is 0 Å². The Morgan fingerprint density at radius 1 is 1.17 bits per heavy atom. The van der Waals surface area contributed by atoms with E-state index in [1.165, 1.54) is 34.0 Å². The molecule has 0 amide bonds. The van der Waals surface area contributed by atoms with E-state index in [0.717, 1.165) is 52.9 Å². The van der Waals surface area contributed by atoms with Crippen LogP contribution in [0.4, 0.5) is 0 Å². The molecule has 1 fully saturated rings. The number of hydrogen-bond acceptors (Lipinski definition) is 8. The van der Waals surface area contributed by atoms with Crippen molar-refractivity contribution in [1.82, 2.24) is 25.1 Å². The van der Waals surface area contributed by atoms with Crippen molar-refractivity contribution in [2.75, 3.05) is 0 Å². The lowest BCUT2D eigenvalue weighted by molar-refractivity contribution is 0.414. The third kappa shape index (κ3) is 3.24. The summed E-state index contributed by atoms with van der Waals surface area (Å²) in [6.45, 7) is 2.33. The van der Waals surface area contributed by atoms with Crippen LogP contribution in [0.3, 0.4) is 0 Å². The molecule has 1 atom stereocenters. The third-order valence-electron chi connectivity index (χ3n) is 5.57. The zero-order valence-electron chi connectivity index (χ0n) is 16.0. The van der Waals surface area contributed by atoms with Gasteiger partial charge in [-0.25, -0.2) is 9.97 Å². The highest BCUT2D eigenvalue weighted by Gasteiger charge is 2.30. The minimum atomic E-state index is 0.448. The molecule has 4 aromatic heterocycles. The molecule has 0 radical (unpaired) electrons. The van der Waals surface area contributed by atoms with Crippen LogP contribution in [0.1, 0.15) is 48.4 Å². The first-order valence-corrected chi connectivity index (χ1v) is 11.6. The molecule has 1 saturated carbocycles. The summed E-state index contributed by atoms with van der Waals surface area (Å²) in [6, 6.07) is 3.91. The smallest absolute Gasteiger partial charge is 0.282 e. The molecular formula is C21H19N5OS2. The lowest BCUT2D eigenvalue weighted by Gasteiger charge is -2.18. The summed E-state index contributed by atoms with van der Waals surface area (Å²) >= 11 is 3.27. The van der Waals surface area contributed by atoms with Gasteiger partial charge in [0.1, 0.15) is 9.86 Å². The Morgan fingerprint density at radius 2 is 2.10 bits per heavy atom. The van der Waals surface area contributed by atoms with Crippen molar-refractivity contribution in [1.29, 1.82) is 0 Å². The predicted octanol–water partition coefficient (Wildman–Crippen LogP) is 5.29. The number of aromatic nitrogens is 5. The molecule has 0 aliphatic heterocycles. The minimum Gasteiger partial charge on any atom is -0.415 e. The number of hydrogen-bond donors (Lipinski definition) is 0. The summed E-state index contributed by atoms with van der Waals surface area (Å²) in [5.74, 6) is 2.62. The summed E-state index contributed by atoms with van der Waals surface area (Å²) in [6.07, 6.45) is 9.27. The van der Waals surface area contributed by atoms with Crippen LogP contribution in [-0.4, -0.2) is 25.1 Å². The Labute approximate surface area is 176 Å². The number of nitrogens with zero attached hydrogens (tertiary/aromatic N) is 5. The highest BCUT2D eigenvalue weighted by atomic mass is 32.2. The highest BCUT2D eigenvalue weighted by molar-refractivity contribution is 7.99. The van der Waals surface area contributed by atoms with Crippen LogP contribution in [0, 0.1) is 5.92 Å². The zero-order chi connectivity index (χ0) is 19.4. The van der Waals surface area contributed by atoms with Crippen molar-refractivity contribution < 1.29 is 4.42 Å². The number of rotatable bonds is 4. The van der Waals surface area contributed by atoms with Crippen LogP contribution >= 0.6 is 23.1 Å². The van der Waals surface area contributed by atoms with Gasteiger partial charge >= 0.3 is 0 Å². The van der Waals surface area contributed by atoms with Crippen LogP contribution in [-0.2, 0) is 12.8 Å². The average molecular weight is 422 g/mol. The maximum atomic E-state index is 5.92. The van der Waals surface area contributed by atoms with Crippen molar-refractivity contribution in [2.24, 2.45) is 5.92 Å². The third-order valence-corrected chi connectivity index (χ3v) is 7.55. The second-order valence-electron chi connectivity index (χ2n) is 7.91. The number of pyridine rings is 1. The van der Waals surface area contributed by atoms with Crippen molar-refractivity contribution in [2.45, 2.75) is 55.2 Å². The summed E-state index contributed by atoms with van der Waals surface area (Å²) in [4.78, 5) is 16.6. The zero-order valence-corrected chi connectivity index (χ0v) is 17.6. The van der Waals surface area contributed by atoms with E-state index < -0.39 is 0 Å². The van der Waals surface area contributed by atoms with Gasteiger partial charge in [-0.05, 0) is 67.5 Å². The number of thiophene rings is 1. The average Bonchev–Trinajstić information content (AvgIpc) is 3.37. The second-order valence-corrected chi connectivity index (χ2v) is 9.93. The highest BCUT2D eigenvalue weighted by Crippen LogP contribution is 2.44. The van der Waals surface area contributed by atoms with Crippen LogP contribution in [0.15, 0.2) is 39.2 Å². The first kappa shape index (κ1) is 17.5. The number of fused-ring (bicyclic) bond motifs is 3. The van der Waals surface area contributed by atoms with Gasteiger partial charge in [-0.15, -0.1) is 21.5 Å². The molecule has 4 heterocycles. The fourth-order valence-electron chi connectivity index (χ4n) is 3.85. The van der Waals surface area contributed by atoms with Gasteiger partial charge in [0.15, 0.2) is 5.82 Å². The van der Waals surface area contributed by atoms with E-state index in [-0.39, 0.29) is 0 Å². The first-order valence-electron chi connectivity index (χ1n) is 9.98. The largest absolute Gasteiger partial charge is 0.415 e. The number of aryl methyl sites for hydroxylation is 1. The van der Waals surface area contributed by atoms with Gasteiger partial charge in [-0.1, -0.05) is 6.92 Å². The Morgan fingerprint density at radius 3 is 2.93 bits per heavy atom. The molecule has 0 saturated heterocycles. The van der Waals surface area contributed by atoms with Crippen LogP contribution < -0.4 is 0 Å². The first-order chi connectivity index (χ1) is 14.2. The molecule has 146 valence electrons. The Kier molecular flexibility index (Phi) is 4.16. The van der Waals surface area contributed by atoms with E-state index in [1.54, 1.807) is 17.5 Å². The fourth-order valence-corrected chi connectivity index (χ4v) is 6.12. The van der Waals surface area contributed by atoms with E-state index >= 15 is 0 Å². The van der Waals surface area contributed by atoms with Gasteiger partial charge in [-0.2, -0.15) is 0 Å². The molecule has 29 heavy (non-hydrogen) atoms. The van der Waals surface area contributed by atoms with Gasteiger partial charge in [-0.3, -0.25) is 4.98 Å². The second kappa shape index (κ2) is 6.88. The van der Waals surface area contributed by atoms with E-state index in [0.29, 0.717) is 17.0 Å². The van der Waals surface area contributed by atoms with Crippen LogP contribution in [0.25, 0.3) is 21.6 Å². The van der Waals surface area contributed by atoms with Crippen molar-refractivity contribution in [3.05, 3.63) is 40.9 Å². The lowest BCUT2D eigenvalue weighted by Crippen LogP contribution is -2.08. The fraction of sp³-hybridized carbons (Fsp3) is 0.381. The van der Waals surface area contributed by atoms with Gasteiger partial charge in [0.25, 0.3) is 5.22 Å². The monoisotopic (exact) mass is 421 g/mol. The van der Waals surface area contributed by atoms with Gasteiger partial charge < -0.3 is 4.42 Å². The summed E-state index contributed by atoms with van der Waals surface area (Å²) < 4.78 is 5.92. The molecule has 6 rings (SSSR count). The maximum Gasteiger partial charge on any atom is 0.282 e. The van der Waals surface area contributed by atoms with Gasteiger partial charge in [0, 0.05) is 34.1 Å². The molecule has 4 aromatic rings. The minimum absolute atomic E-state index is 0.448. The lowest BCUT2D eigenvalue weighted by atomic mass is 9.89. The van der Waals surface area contributed by atoms with E-state index in [2.05, 4.69) is 22.1 Å². The molecular weight excluding hydrogens is 402 g/mol. The van der Waals surface area contributed by atoms with Crippen LogP contribution in [0.5, 0.6) is 0 Å². The van der Waals surface area contributed by atoms with E-state index in [9.17, 15) is 0 Å². The molecule has 0 spiro atoms. The van der Waals surface area contributed by atoms with E-state index in [1.807, 2.05) is 18.3 Å². The molecule has 2 aliphatic rings. The quantitative estimate of drug-likeness (QED) is 0.414. The topological polar surface area (TPSA) is 77.6 Å². The predicted molar refractivity (Wildman–Crippen MR) is 112 cm³/mol. The Balaban J connectivity index is 1.49. The normalized spacial score (nSPS) is 18.9. The van der Waals surface area contributed by atoms with Crippen molar-refractivity contribution in [3.8, 4) is 11.4 Å². The van der Waals surface area contributed by atoms with Gasteiger partial charge in [0.2, 0.25) is 5.89 Å². The molecule has 0 N–H and O–H groups in total. The standard InChI is InChI=1S/C21H19N5OS2/c1-11-4-7-14-15(9-11)28-19-16(14)20(24-17(23-19)13-3-2-8-22-10-13)29-21-26-25-18(27-21)12-5-6-12/h2-3,8,10-12H,4-7,9H2,1H3. The maximum absolute atomic E-state index is 5.92. The van der Waals surface area contributed by atoms with Crippen molar-refractivity contribution in [3.63, 3.8) is 0 Å². The molecule has 0 bridgehead atoms. The molecule has 6 nitrogen and oxygen atoms in total. The van der Waals surface area contributed by atoms with Crippen molar-refractivity contribution >= 4 is 33.3 Å². The summed E-state index contributed by atoms with van der Waals surface area (Å²) in [7, 11) is 0. The summed E-state index contributed by atoms with van der Waals surface area (Å²) in [5, 5.41) is 11.1. The SMILES string of the molecule is CC1CCc2c(sc3nc(-c4cccnc4)nc(Sc4nnc(C5CC5)o4)c23)C1. The Bertz CT molecular complexity index is 1200. The molecule has 0 aromatic carbocycles. The molecule has 1 unspecified atom stereocenters.